The third kappa shape index (κ3) is 3.78. The van der Waals surface area contributed by atoms with E-state index in [1.165, 1.54) is 0 Å². The SMILES string of the molecule is CCCNC(CN1CCCC1=O)C(C)(C)C. The second kappa shape index (κ2) is 5.67. The Hall–Kier alpha value is -0.570. The molecule has 1 aliphatic rings. The summed E-state index contributed by atoms with van der Waals surface area (Å²) in [6, 6.07) is 0.398. The van der Waals surface area contributed by atoms with Crippen LogP contribution in [-0.2, 0) is 4.79 Å². The first-order valence-electron chi connectivity index (χ1n) is 6.46. The lowest BCUT2D eigenvalue weighted by Crippen LogP contribution is -2.49. The van der Waals surface area contributed by atoms with Gasteiger partial charge in [-0.2, -0.15) is 0 Å². The van der Waals surface area contributed by atoms with Crippen LogP contribution in [0.1, 0.15) is 47.0 Å². The molecule has 3 heteroatoms. The lowest BCUT2D eigenvalue weighted by molar-refractivity contribution is -0.128. The van der Waals surface area contributed by atoms with E-state index in [9.17, 15) is 4.79 Å². The summed E-state index contributed by atoms with van der Waals surface area (Å²) in [5.41, 5.74) is 0.206. The van der Waals surface area contributed by atoms with Crippen LogP contribution in [0.5, 0.6) is 0 Å². The molecule has 1 saturated heterocycles. The van der Waals surface area contributed by atoms with E-state index in [-0.39, 0.29) is 5.41 Å². The molecule has 1 aliphatic heterocycles. The Labute approximate surface area is 99.6 Å². The van der Waals surface area contributed by atoms with Gasteiger partial charge in [0, 0.05) is 25.6 Å². The van der Waals surface area contributed by atoms with Crippen molar-refractivity contribution in [1.29, 1.82) is 0 Å². The Morgan fingerprint density at radius 3 is 2.56 bits per heavy atom. The van der Waals surface area contributed by atoms with Crippen LogP contribution in [0, 0.1) is 5.41 Å². The molecule has 0 saturated carbocycles. The summed E-state index contributed by atoms with van der Waals surface area (Å²) in [7, 11) is 0. The van der Waals surface area contributed by atoms with Crippen LogP contribution < -0.4 is 5.32 Å². The summed E-state index contributed by atoms with van der Waals surface area (Å²) in [5.74, 6) is 0.326. The van der Waals surface area contributed by atoms with Gasteiger partial charge >= 0.3 is 0 Å². The molecule has 0 radical (unpaired) electrons. The van der Waals surface area contributed by atoms with Gasteiger partial charge in [0.15, 0.2) is 0 Å². The van der Waals surface area contributed by atoms with Gasteiger partial charge in [-0.15, -0.1) is 0 Å². The molecule has 1 heterocycles. The van der Waals surface area contributed by atoms with Crippen LogP contribution in [0.4, 0.5) is 0 Å². The third-order valence-electron chi connectivity index (χ3n) is 3.26. The number of carbonyl (C=O) groups is 1. The van der Waals surface area contributed by atoms with E-state index in [2.05, 4.69) is 33.0 Å². The Kier molecular flexibility index (Phi) is 4.78. The predicted octanol–water partition coefficient (Wildman–Crippen LogP) is 2.02. The molecule has 0 aromatic heterocycles. The van der Waals surface area contributed by atoms with Crippen LogP contribution >= 0.6 is 0 Å². The van der Waals surface area contributed by atoms with Crippen LogP contribution in [0.2, 0.25) is 0 Å². The average molecular weight is 226 g/mol. The molecule has 1 N–H and O–H groups in total. The molecular weight excluding hydrogens is 200 g/mol. The van der Waals surface area contributed by atoms with E-state index in [0.717, 1.165) is 38.9 Å². The van der Waals surface area contributed by atoms with Gasteiger partial charge in [0.2, 0.25) is 5.91 Å². The predicted molar refractivity (Wildman–Crippen MR) is 67.4 cm³/mol. The Morgan fingerprint density at radius 2 is 2.12 bits per heavy atom. The first-order valence-corrected chi connectivity index (χ1v) is 6.46. The molecule has 0 aliphatic carbocycles. The lowest BCUT2D eigenvalue weighted by atomic mass is 9.86. The highest BCUT2D eigenvalue weighted by molar-refractivity contribution is 5.78. The zero-order chi connectivity index (χ0) is 12.2. The van der Waals surface area contributed by atoms with Crippen LogP contribution in [0.25, 0.3) is 0 Å². The number of hydrogen-bond acceptors (Lipinski definition) is 2. The highest BCUT2D eigenvalue weighted by atomic mass is 16.2. The third-order valence-corrected chi connectivity index (χ3v) is 3.26. The van der Waals surface area contributed by atoms with Crippen molar-refractivity contribution in [1.82, 2.24) is 10.2 Å². The molecule has 3 nitrogen and oxygen atoms in total. The van der Waals surface area contributed by atoms with Crippen molar-refractivity contribution in [2.24, 2.45) is 5.41 Å². The normalized spacial score (nSPS) is 19.2. The van der Waals surface area contributed by atoms with Crippen LogP contribution in [-0.4, -0.2) is 36.5 Å². The van der Waals surface area contributed by atoms with Crippen LogP contribution in [0.15, 0.2) is 0 Å². The quantitative estimate of drug-likeness (QED) is 0.778. The molecule has 94 valence electrons. The zero-order valence-corrected chi connectivity index (χ0v) is 11.2. The second-order valence-corrected chi connectivity index (χ2v) is 5.82. The lowest BCUT2D eigenvalue weighted by Gasteiger charge is -2.34. The number of likely N-dealkylation sites (tertiary alicyclic amines) is 1. The Morgan fingerprint density at radius 1 is 1.44 bits per heavy atom. The van der Waals surface area contributed by atoms with E-state index < -0.39 is 0 Å². The molecule has 16 heavy (non-hydrogen) atoms. The van der Waals surface area contributed by atoms with Gasteiger partial charge in [-0.1, -0.05) is 27.7 Å². The largest absolute Gasteiger partial charge is 0.341 e. The smallest absolute Gasteiger partial charge is 0.222 e. The van der Waals surface area contributed by atoms with E-state index in [1.807, 2.05) is 4.90 Å². The van der Waals surface area contributed by atoms with Gasteiger partial charge in [-0.3, -0.25) is 4.79 Å². The standard InChI is InChI=1S/C13H26N2O/c1-5-8-14-11(13(2,3)4)10-15-9-6-7-12(15)16/h11,14H,5-10H2,1-4H3. The van der Waals surface area contributed by atoms with Crippen molar-refractivity contribution in [3.8, 4) is 0 Å². The summed E-state index contributed by atoms with van der Waals surface area (Å²) >= 11 is 0. The Balaban J connectivity index is 2.52. The monoisotopic (exact) mass is 226 g/mol. The first kappa shape index (κ1) is 13.5. The van der Waals surface area contributed by atoms with Crippen molar-refractivity contribution < 1.29 is 4.79 Å². The molecule has 1 rings (SSSR count). The fourth-order valence-corrected chi connectivity index (χ4v) is 2.08. The summed E-state index contributed by atoms with van der Waals surface area (Å²) in [6.45, 7) is 11.7. The van der Waals surface area contributed by atoms with Gasteiger partial charge < -0.3 is 10.2 Å². The molecule has 1 atom stereocenters. The maximum atomic E-state index is 11.6. The highest BCUT2D eigenvalue weighted by Gasteiger charge is 2.29. The van der Waals surface area contributed by atoms with E-state index in [1.54, 1.807) is 0 Å². The van der Waals surface area contributed by atoms with Gasteiger partial charge in [0.05, 0.1) is 0 Å². The number of carbonyl (C=O) groups excluding carboxylic acids is 1. The molecule has 1 unspecified atom stereocenters. The minimum Gasteiger partial charge on any atom is -0.341 e. The second-order valence-electron chi connectivity index (χ2n) is 5.82. The molecule has 1 amide bonds. The van der Waals surface area contributed by atoms with Crippen LogP contribution in [0.3, 0.4) is 0 Å². The first-order chi connectivity index (χ1) is 7.45. The minimum absolute atomic E-state index is 0.206. The number of hydrogen-bond donors (Lipinski definition) is 1. The Bertz CT molecular complexity index is 233. The zero-order valence-electron chi connectivity index (χ0n) is 11.2. The van der Waals surface area contributed by atoms with Crippen molar-refractivity contribution in [3.63, 3.8) is 0 Å². The topological polar surface area (TPSA) is 32.3 Å². The van der Waals surface area contributed by atoms with Gasteiger partial charge in [0.25, 0.3) is 0 Å². The van der Waals surface area contributed by atoms with Gasteiger partial charge in [-0.25, -0.2) is 0 Å². The number of rotatable bonds is 5. The fourth-order valence-electron chi connectivity index (χ4n) is 2.08. The van der Waals surface area contributed by atoms with E-state index in [4.69, 9.17) is 0 Å². The fraction of sp³-hybridized carbons (Fsp3) is 0.923. The number of nitrogens with one attached hydrogen (secondary N) is 1. The van der Waals surface area contributed by atoms with E-state index >= 15 is 0 Å². The van der Waals surface area contributed by atoms with Crippen molar-refractivity contribution >= 4 is 5.91 Å². The summed E-state index contributed by atoms with van der Waals surface area (Å²) in [5, 5.41) is 3.56. The maximum Gasteiger partial charge on any atom is 0.222 e. The number of amides is 1. The minimum atomic E-state index is 0.206. The van der Waals surface area contributed by atoms with Crippen molar-refractivity contribution in [2.45, 2.75) is 53.0 Å². The molecule has 0 spiro atoms. The molecule has 1 fully saturated rings. The summed E-state index contributed by atoms with van der Waals surface area (Å²) < 4.78 is 0. The number of nitrogens with zero attached hydrogens (tertiary/aromatic N) is 1. The van der Waals surface area contributed by atoms with Crippen molar-refractivity contribution in [2.75, 3.05) is 19.6 Å². The summed E-state index contributed by atoms with van der Waals surface area (Å²) in [6.07, 6.45) is 2.91. The maximum absolute atomic E-state index is 11.6. The molecule has 0 aromatic rings. The molecule has 0 bridgehead atoms. The summed E-state index contributed by atoms with van der Waals surface area (Å²) in [4.78, 5) is 13.6. The van der Waals surface area contributed by atoms with E-state index in [0.29, 0.717) is 11.9 Å². The van der Waals surface area contributed by atoms with Crippen molar-refractivity contribution in [3.05, 3.63) is 0 Å². The van der Waals surface area contributed by atoms with Gasteiger partial charge in [-0.05, 0) is 24.8 Å². The highest BCUT2D eigenvalue weighted by Crippen LogP contribution is 2.22. The average Bonchev–Trinajstić information content (AvgIpc) is 2.57. The van der Waals surface area contributed by atoms with Gasteiger partial charge in [0.1, 0.15) is 0 Å². The molecule has 0 aromatic carbocycles. The molecular formula is C13H26N2O.